The van der Waals surface area contributed by atoms with Gasteiger partial charge in [0.15, 0.2) is 0 Å². The number of carbonyl (C=O) groups is 1. The fourth-order valence-corrected chi connectivity index (χ4v) is 2.46. The molecule has 2 aromatic heterocycles. The van der Waals surface area contributed by atoms with E-state index in [9.17, 15) is 18.0 Å². The topological polar surface area (TPSA) is 72.3 Å². The number of amides is 1. The maximum atomic E-state index is 12.4. The van der Waals surface area contributed by atoms with Crippen LogP contribution in [0.3, 0.4) is 0 Å². The fourth-order valence-electron chi connectivity index (χ4n) is 2.46. The second-order valence-corrected chi connectivity index (χ2v) is 5.27. The molecule has 3 rings (SSSR count). The number of aromatic nitrogens is 3. The lowest BCUT2D eigenvalue weighted by atomic mass is 10.2. The number of aryl methyl sites for hydroxylation is 1. The van der Waals surface area contributed by atoms with Crippen molar-refractivity contribution in [3.8, 4) is 5.75 Å². The first-order valence-electron chi connectivity index (χ1n) is 7.10. The Morgan fingerprint density at radius 3 is 2.71 bits per heavy atom. The molecule has 2 aromatic rings. The number of anilines is 2. The summed E-state index contributed by atoms with van der Waals surface area (Å²) in [6, 6.07) is 1.98. The van der Waals surface area contributed by atoms with Crippen LogP contribution < -0.4 is 15.0 Å². The van der Waals surface area contributed by atoms with Gasteiger partial charge in [-0.1, -0.05) is 0 Å². The van der Waals surface area contributed by atoms with Crippen molar-refractivity contribution in [3.63, 3.8) is 0 Å². The molecule has 1 aliphatic rings. The number of halogens is 3. The Bertz CT molecular complexity index is 729. The normalized spacial score (nSPS) is 18.1. The molecule has 128 valence electrons. The Labute approximate surface area is 135 Å². The molecule has 0 aromatic carbocycles. The van der Waals surface area contributed by atoms with Crippen molar-refractivity contribution in [1.29, 1.82) is 0 Å². The smallest absolute Gasteiger partial charge is 0.404 e. The zero-order chi connectivity index (χ0) is 17.3. The van der Waals surface area contributed by atoms with Gasteiger partial charge in [-0.25, -0.2) is 4.98 Å². The molecule has 1 saturated heterocycles. The van der Waals surface area contributed by atoms with Gasteiger partial charge < -0.3 is 15.0 Å². The van der Waals surface area contributed by atoms with Crippen LogP contribution in [0.4, 0.5) is 24.7 Å². The molecule has 0 radical (unpaired) electrons. The first-order valence-corrected chi connectivity index (χ1v) is 7.10. The minimum Gasteiger partial charge on any atom is -0.404 e. The number of pyridine rings is 1. The summed E-state index contributed by atoms with van der Waals surface area (Å²) in [4.78, 5) is 17.8. The number of alkyl halides is 3. The lowest BCUT2D eigenvalue weighted by Gasteiger charge is -2.15. The Balaban J connectivity index is 1.63. The van der Waals surface area contributed by atoms with Crippen LogP contribution in [0.25, 0.3) is 0 Å². The average Bonchev–Trinajstić information content (AvgIpc) is 3.07. The standard InChI is InChI=1S/C14H14F3N5O2/c1-21-8-9(6-19-21)22-5-4-11(13(22)23)20-12-3-2-10(7-18-12)24-14(15,16)17/h2-3,6-8,11H,4-5H2,1H3,(H,18,20). The lowest BCUT2D eigenvalue weighted by Crippen LogP contribution is -2.33. The monoisotopic (exact) mass is 341 g/mol. The number of nitrogens with zero attached hydrogens (tertiary/aromatic N) is 4. The Hall–Kier alpha value is -2.78. The number of carbonyl (C=O) groups excluding carboxylic acids is 1. The quantitative estimate of drug-likeness (QED) is 0.920. The zero-order valence-electron chi connectivity index (χ0n) is 12.6. The summed E-state index contributed by atoms with van der Waals surface area (Å²) in [7, 11) is 1.76. The van der Waals surface area contributed by atoms with Gasteiger partial charge in [0.05, 0.1) is 18.1 Å². The first kappa shape index (κ1) is 16.1. The maximum absolute atomic E-state index is 12.4. The van der Waals surface area contributed by atoms with Crippen molar-refractivity contribution in [3.05, 3.63) is 30.7 Å². The molecule has 7 nitrogen and oxygen atoms in total. The summed E-state index contributed by atoms with van der Waals surface area (Å²) in [5, 5.41) is 6.95. The molecule has 1 aliphatic heterocycles. The van der Waals surface area contributed by atoms with Gasteiger partial charge in [0.2, 0.25) is 5.91 Å². The highest BCUT2D eigenvalue weighted by atomic mass is 19.4. The van der Waals surface area contributed by atoms with E-state index in [-0.39, 0.29) is 5.91 Å². The van der Waals surface area contributed by atoms with Crippen LogP contribution in [0.1, 0.15) is 6.42 Å². The van der Waals surface area contributed by atoms with Gasteiger partial charge in [-0.15, -0.1) is 13.2 Å². The number of ether oxygens (including phenoxy) is 1. The maximum Gasteiger partial charge on any atom is 0.573 e. The van der Waals surface area contributed by atoms with Gasteiger partial charge in [0.25, 0.3) is 0 Å². The van der Waals surface area contributed by atoms with E-state index in [4.69, 9.17) is 0 Å². The zero-order valence-corrected chi connectivity index (χ0v) is 12.6. The lowest BCUT2D eigenvalue weighted by molar-refractivity contribution is -0.274. The van der Waals surface area contributed by atoms with E-state index in [1.165, 1.54) is 6.07 Å². The molecule has 1 unspecified atom stereocenters. The van der Waals surface area contributed by atoms with Crippen LogP contribution in [0.5, 0.6) is 5.75 Å². The average molecular weight is 341 g/mol. The van der Waals surface area contributed by atoms with Gasteiger partial charge >= 0.3 is 6.36 Å². The predicted molar refractivity (Wildman–Crippen MR) is 78.5 cm³/mol. The van der Waals surface area contributed by atoms with Crippen LogP contribution in [0, 0.1) is 0 Å². The number of hydrogen-bond acceptors (Lipinski definition) is 5. The van der Waals surface area contributed by atoms with E-state index in [0.717, 1.165) is 12.3 Å². The molecule has 1 amide bonds. The second-order valence-electron chi connectivity index (χ2n) is 5.27. The van der Waals surface area contributed by atoms with E-state index >= 15 is 0 Å². The third-order valence-electron chi connectivity index (χ3n) is 3.50. The minimum atomic E-state index is -4.76. The van der Waals surface area contributed by atoms with Crippen molar-refractivity contribution in [2.24, 2.45) is 7.05 Å². The largest absolute Gasteiger partial charge is 0.573 e. The molecule has 24 heavy (non-hydrogen) atoms. The van der Waals surface area contributed by atoms with Crippen LogP contribution in [-0.4, -0.2) is 39.6 Å². The fraction of sp³-hybridized carbons (Fsp3) is 0.357. The molecular weight excluding hydrogens is 327 g/mol. The molecule has 1 atom stereocenters. The van der Waals surface area contributed by atoms with Crippen molar-refractivity contribution in [2.45, 2.75) is 18.8 Å². The summed E-state index contributed by atoms with van der Waals surface area (Å²) < 4.78 is 41.7. The van der Waals surface area contributed by atoms with Crippen LogP contribution in [0.15, 0.2) is 30.7 Å². The van der Waals surface area contributed by atoms with Crippen LogP contribution in [0.2, 0.25) is 0 Å². The van der Waals surface area contributed by atoms with Crippen LogP contribution >= 0.6 is 0 Å². The predicted octanol–water partition coefficient (Wildman–Crippen LogP) is 1.93. The van der Waals surface area contributed by atoms with Gasteiger partial charge in [-0.2, -0.15) is 5.10 Å². The van der Waals surface area contributed by atoms with E-state index in [2.05, 4.69) is 20.1 Å². The van der Waals surface area contributed by atoms with E-state index in [1.54, 1.807) is 29.0 Å². The molecule has 0 aliphatic carbocycles. The summed E-state index contributed by atoms with van der Waals surface area (Å²) in [5.41, 5.74) is 0.702. The molecular formula is C14H14F3N5O2. The highest BCUT2D eigenvalue weighted by Gasteiger charge is 2.34. The highest BCUT2D eigenvalue weighted by molar-refractivity contribution is 6.00. The molecule has 10 heteroatoms. The Morgan fingerprint density at radius 1 is 1.33 bits per heavy atom. The van der Waals surface area contributed by atoms with Crippen molar-refractivity contribution >= 4 is 17.4 Å². The number of hydrogen-bond donors (Lipinski definition) is 1. The summed E-state index contributed by atoms with van der Waals surface area (Å²) >= 11 is 0. The van der Waals surface area contributed by atoms with Gasteiger partial charge in [-0.05, 0) is 18.6 Å². The summed E-state index contributed by atoms with van der Waals surface area (Å²) in [5.74, 6) is -0.251. The molecule has 1 fully saturated rings. The van der Waals surface area contributed by atoms with E-state index in [0.29, 0.717) is 24.5 Å². The van der Waals surface area contributed by atoms with Crippen molar-refractivity contribution in [1.82, 2.24) is 14.8 Å². The Morgan fingerprint density at radius 2 is 2.12 bits per heavy atom. The van der Waals surface area contributed by atoms with Gasteiger partial charge in [0.1, 0.15) is 17.6 Å². The van der Waals surface area contributed by atoms with E-state index < -0.39 is 18.2 Å². The van der Waals surface area contributed by atoms with Gasteiger partial charge in [-0.3, -0.25) is 9.48 Å². The van der Waals surface area contributed by atoms with Crippen molar-refractivity contribution < 1.29 is 22.7 Å². The van der Waals surface area contributed by atoms with Crippen molar-refractivity contribution in [2.75, 3.05) is 16.8 Å². The third kappa shape index (κ3) is 3.58. The van der Waals surface area contributed by atoms with Gasteiger partial charge in [0, 0.05) is 19.8 Å². The third-order valence-corrected chi connectivity index (χ3v) is 3.50. The Kier molecular flexibility index (Phi) is 4.04. The molecule has 0 spiro atoms. The molecule has 1 N–H and O–H groups in total. The van der Waals surface area contributed by atoms with Crippen LogP contribution in [-0.2, 0) is 11.8 Å². The SMILES string of the molecule is Cn1cc(N2CCC(Nc3ccc(OC(F)(F)F)cn3)C2=O)cn1. The van der Waals surface area contributed by atoms with E-state index in [1.807, 2.05) is 0 Å². The number of nitrogens with one attached hydrogen (secondary N) is 1. The number of rotatable bonds is 4. The molecule has 0 bridgehead atoms. The summed E-state index contributed by atoms with van der Waals surface area (Å²) in [6.45, 7) is 0.525. The molecule has 3 heterocycles. The second kappa shape index (κ2) is 6.02. The first-order chi connectivity index (χ1) is 11.3. The summed E-state index contributed by atoms with van der Waals surface area (Å²) in [6.07, 6.45) is 0.0796. The minimum absolute atomic E-state index is 0.139. The molecule has 0 saturated carbocycles. The highest BCUT2D eigenvalue weighted by Crippen LogP contribution is 2.25.